The molecule has 0 saturated carbocycles. The quantitative estimate of drug-likeness (QED) is 0.182. The van der Waals surface area contributed by atoms with Gasteiger partial charge < -0.3 is 14.6 Å². The minimum atomic E-state index is -4.44. The highest BCUT2D eigenvalue weighted by atomic mass is 79.9. The summed E-state index contributed by atoms with van der Waals surface area (Å²) in [6.07, 6.45) is 6.53. The fraction of sp³-hybridized carbons (Fsp3) is 0.286. The third kappa shape index (κ3) is 6.75. The number of hydrogen-bond donors (Lipinski definition) is 2. The molecule has 1 fully saturated rings. The lowest BCUT2D eigenvalue weighted by Gasteiger charge is -2.28. The Morgan fingerprint density at radius 2 is 1.98 bits per heavy atom. The number of aryl methyl sites for hydroxylation is 1. The van der Waals surface area contributed by atoms with Gasteiger partial charge in [-0.1, -0.05) is 22.0 Å². The summed E-state index contributed by atoms with van der Waals surface area (Å²) < 4.78 is 34.9. The van der Waals surface area contributed by atoms with Gasteiger partial charge in [0.25, 0.3) is 21.6 Å². The zero-order valence-electron chi connectivity index (χ0n) is 22.2. The molecule has 4 aromatic rings. The van der Waals surface area contributed by atoms with Crippen LogP contribution < -0.4 is 9.46 Å². The van der Waals surface area contributed by atoms with Crippen molar-refractivity contribution in [3.05, 3.63) is 86.6 Å². The first kappa shape index (κ1) is 28.7. The van der Waals surface area contributed by atoms with E-state index in [1.54, 1.807) is 18.3 Å². The Bertz CT molecular complexity index is 1720. The highest BCUT2D eigenvalue weighted by Crippen LogP contribution is 2.31. The summed E-state index contributed by atoms with van der Waals surface area (Å²) in [5.74, 6) is -0.0358. The van der Waals surface area contributed by atoms with E-state index >= 15 is 0 Å². The number of nitro benzene ring substituents is 1. The van der Waals surface area contributed by atoms with E-state index in [0.717, 1.165) is 43.8 Å². The normalized spacial score (nSPS) is 14.7. The predicted octanol–water partition coefficient (Wildman–Crippen LogP) is 5.42. The molecule has 11 nitrogen and oxygen atoms in total. The first-order chi connectivity index (χ1) is 19.6. The van der Waals surface area contributed by atoms with E-state index in [4.69, 9.17) is 4.74 Å². The number of nitrogens with one attached hydrogen (secondary N) is 2. The highest BCUT2D eigenvalue weighted by molar-refractivity contribution is 9.10. The molecule has 3 heterocycles. The van der Waals surface area contributed by atoms with Crippen molar-refractivity contribution in [1.29, 1.82) is 0 Å². The first-order valence-electron chi connectivity index (χ1n) is 13.0. The summed E-state index contributed by atoms with van der Waals surface area (Å²) in [6, 6.07) is 11.8. The van der Waals surface area contributed by atoms with E-state index in [9.17, 15) is 23.3 Å². The number of aromatic amines is 1. The zero-order chi connectivity index (χ0) is 29.1. The number of piperidine rings is 1. The average Bonchev–Trinajstić information content (AvgIpc) is 3.40. The van der Waals surface area contributed by atoms with Crippen molar-refractivity contribution in [3.8, 4) is 11.5 Å². The monoisotopic (exact) mass is 641 g/mol. The number of amides is 1. The molecule has 1 saturated heterocycles. The summed E-state index contributed by atoms with van der Waals surface area (Å²) in [7, 11) is -2.36. The molecule has 13 heteroatoms. The molecule has 2 N–H and O–H groups in total. The fourth-order valence-electron chi connectivity index (χ4n) is 4.91. The molecule has 214 valence electrons. The molecule has 0 unspecified atom stereocenters. The molecule has 1 amide bonds. The van der Waals surface area contributed by atoms with Crippen LogP contribution in [0.2, 0.25) is 0 Å². The van der Waals surface area contributed by atoms with Gasteiger partial charge in [0.1, 0.15) is 17.1 Å². The van der Waals surface area contributed by atoms with Gasteiger partial charge in [0.15, 0.2) is 0 Å². The van der Waals surface area contributed by atoms with Gasteiger partial charge in [-0.2, -0.15) is 0 Å². The van der Waals surface area contributed by atoms with Crippen molar-refractivity contribution in [2.24, 2.45) is 5.92 Å². The summed E-state index contributed by atoms with van der Waals surface area (Å²) in [5, 5.41) is 12.6. The smallest absolute Gasteiger partial charge is 0.273 e. The lowest BCUT2D eigenvalue weighted by atomic mass is 9.90. The van der Waals surface area contributed by atoms with Crippen LogP contribution >= 0.6 is 15.9 Å². The van der Waals surface area contributed by atoms with Crippen LogP contribution in [0.1, 0.15) is 35.2 Å². The molecular weight excluding hydrogens is 614 g/mol. The maximum Gasteiger partial charge on any atom is 0.273 e. The van der Waals surface area contributed by atoms with Crippen molar-refractivity contribution in [2.45, 2.75) is 30.6 Å². The Kier molecular flexibility index (Phi) is 8.38. The number of hydrogen-bond acceptors (Lipinski definition) is 8. The van der Waals surface area contributed by atoms with Crippen LogP contribution in [0.25, 0.3) is 11.0 Å². The second-order valence-corrected chi connectivity index (χ2v) is 12.7. The number of ether oxygens (including phenoxy) is 1. The molecule has 41 heavy (non-hydrogen) atoms. The molecule has 2 aromatic heterocycles. The number of halogens is 1. The van der Waals surface area contributed by atoms with E-state index in [-0.39, 0.29) is 21.9 Å². The number of sulfonamides is 1. The van der Waals surface area contributed by atoms with Crippen LogP contribution in [0.3, 0.4) is 0 Å². The van der Waals surface area contributed by atoms with Crippen molar-refractivity contribution in [3.63, 3.8) is 0 Å². The Morgan fingerprint density at radius 3 is 2.73 bits per heavy atom. The second kappa shape index (κ2) is 12.0. The Balaban J connectivity index is 1.34. The van der Waals surface area contributed by atoms with Crippen molar-refractivity contribution in [2.75, 3.05) is 20.1 Å². The number of nitro groups is 1. The van der Waals surface area contributed by atoms with Crippen LogP contribution in [-0.4, -0.2) is 54.3 Å². The standard InChI is InChI=1S/C28H28BrN5O6S/c1-33-12-9-18(10-13-33)2-3-19-4-6-23(16-25(19)34(36)37)41(38,39)32-28(35)24-7-5-21(29)15-26(24)40-22-14-20-8-11-30-27(20)31-17-22/h4-8,11,14-18H,2-3,9-10,12-13H2,1H3,(H,30,31)(H,32,35). The molecule has 5 rings (SSSR count). The molecule has 0 atom stereocenters. The van der Waals surface area contributed by atoms with Gasteiger partial charge in [0.05, 0.1) is 21.6 Å². The number of likely N-dealkylation sites (tertiary alicyclic amines) is 1. The van der Waals surface area contributed by atoms with Gasteiger partial charge in [-0.05, 0) is 88.1 Å². The van der Waals surface area contributed by atoms with E-state index in [1.807, 2.05) is 10.8 Å². The maximum atomic E-state index is 13.2. The molecular formula is C28H28BrN5O6S. The van der Waals surface area contributed by atoms with Crippen LogP contribution in [0.4, 0.5) is 5.69 Å². The van der Waals surface area contributed by atoms with Gasteiger partial charge in [0.2, 0.25) is 0 Å². The number of carbonyl (C=O) groups excluding carboxylic acids is 1. The van der Waals surface area contributed by atoms with E-state index < -0.39 is 20.9 Å². The topological polar surface area (TPSA) is 148 Å². The number of rotatable bonds is 9. The van der Waals surface area contributed by atoms with Gasteiger partial charge in [-0.25, -0.2) is 18.1 Å². The highest BCUT2D eigenvalue weighted by Gasteiger charge is 2.26. The van der Waals surface area contributed by atoms with Crippen LogP contribution in [0.5, 0.6) is 11.5 Å². The predicted molar refractivity (Wildman–Crippen MR) is 157 cm³/mol. The number of H-pyrrole nitrogens is 1. The number of nitrogens with zero attached hydrogens (tertiary/aromatic N) is 3. The lowest BCUT2D eigenvalue weighted by molar-refractivity contribution is -0.385. The van der Waals surface area contributed by atoms with Gasteiger partial charge in [-0.3, -0.25) is 14.9 Å². The molecule has 0 bridgehead atoms. The largest absolute Gasteiger partial charge is 0.455 e. The summed E-state index contributed by atoms with van der Waals surface area (Å²) >= 11 is 3.34. The molecule has 0 aliphatic carbocycles. The molecule has 2 aromatic carbocycles. The van der Waals surface area contributed by atoms with Gasteiger partial charge in [-0.15, -0.1) is 0 Å². The summed E-state index contributed by atoms with van der Waals surface area (Å²) in [6.45, 7) is 1.99. The zero-order valence-corrected chi connectivity index (χ0v) is 24.6. The Labute approximate surface area is 245 Å². The van der Waals surface area contributed by atoms with E-state index in [2.05, 4.69) is 37.8 Å². The number of benzene rings is 2. The van der Waals surface area contributed by atoms with Crippen molar-refractivity contribution in [1.82, 2.24) is 19.6 Å². The summed E-state index contributed by atoms with van der Waals surface area (Å²) in [4.78, 5) is 33.6. The van der Waals surface area contributed by atoms with Crippen molar-refractivity contribution < 1.29 is 22.9 Å². The second-order valence-electron chi connectivity index (χ2n) is 10.1. The van der Waals surface area contributed by atoms with Crippen molar-refractivity contribution >= 4 is 48.6 Å². The van der Waals surface area contributed by atoms with Gasteiger partial charge >= 0.3 is 0 Å². The van der Waals surface area contributed by atoms with E-state index in [0.29, 0.717) is 33.8 Å². The molecule has 0 radical (unpaired) electrons. The number of pyridine rings is 1. The maximum absolute atomic E-state index is 13.2. The summed E-state index contributed by atoms with van der Waals surface area (Å²) in [5.41, 5.74) is 0.803. The number of carbonyl (C=O) groups is 1. The van der Waals surface area contributed by atoms with Crippen LogP contribution in [-0.2, 0) is 16.4 Å². The van der Waals surface area contributed by atoms with Crippen LogP contribution in [0.15, 0.2) is 70.3 Å². The number of fused-ring (bicyclic) bond motifs is 1. The SMILES string of the molecule is CN1CCC(CCc2ccc(S(=O)(=O)NC(=O)c3ccc(Br)cc3Oc3cnc4[nH]ccc4c3)cc2[N+](=O)[O-])CC1. The molecule has 0 spiro atoms. The van der Waals surface area contributed by atoms with Gasteiger partial charge in [0, 0.05) is 27.7 Å². The third-order valence-corrected chi connectivity index (χ3v) is 9.06. The minimum Gasteiger partial charge on any atom is -0.455 e. The molecule has 1 aliphatic heterocycles. The fourth-order valence-corrected chi connectivity index (χ4v) is 6.24. The minimum absolute atomic E-state index is 0.0461. The Morgan fingerprint density at radius 1 is 1.20 bits per heavy atom. The third-order valence-electron chi connectivity index (χ3n) is 7.24. The van der Waals surface area contributed by atoms with Crippen LogP contribution in [0, 0.1) is 16.0 Å². The molecule has 1 aliphatic rings. The lowest BCUT2D eigenvalue weighted by Crippen LogP contribution is -2.31. The number of aromatic nitrogens is 2. The average molecular weight is 643 g/mol. The Hall–Kier alpha value is -3.81. The first-order valence-corrected chi connectivity index (χ1v) is 15.3. The van der Waals surface area contributed by atoms with E-state index in [1.165, 1.54) is 30.5 Å².